The van der Waals surface area contributed by atoms with Crippen LogP contribution in [0.15, 0.2) is 47.4 Å². The molecule has 0 spiro atoms. The lowest BCUT2D eigenvalue weighted by atomic mass is 10.2. The lowest BCUT2D eigenvalue weighted by Gasteiger charge is -2.12. The quantitative estimate of drug-likeness (QED) is 0.749. The van der Waals surface area contributed by atoms with Gasteiger partial charge in [0.15, 0.2) is 5.11 Å². The highest BCUT2D eigenvalue weighted by Gasteiger charge is 2.12. The molecular formula is C14H14FN3O2S2. The third-order valence-corrected chi connectivity index (χ3v) is 4.11. The minimum absolute atomic E-state index is 0.0297. The number of benzene rings is 2. The van der Waals surface area contributed by atoms with E-state index in [2.05, 4.69) is 10.6 Å². The molecule has 0 aliphatic heterocycles. The number of aryl methyl sites for hydroxylation is 1. The van der Waals surface area contributed by atoms with Crippen LogP contribution in [0.5, 0.6) is 0 Å². The molecule has 0 aliphatic carbocycles. The smallest absolute Gasteiger partial charge is 0.238 e. The molecule has 0 amide bonds. The van der Waals surface area contributed by atoms with Crippen molar-refractivity contribution in [1.82, 2.24) is 0 Å². The van der Waals surface area contributed by atoms with Crippen molar-refractivity contribution in [3.63, 3.8) is 0 Å². The maximum absolute atomic E-state index is 12.8. The van der Waals surface area contributed by atoms with Gasteiger partial charge in [0, 0.05) is 11.4 Å². The summed E-state index contributed by atoms with van der Waals surface area (Å²) >= 11 is 5.12. The molecule has 0 saturated heterocycles. The molecule has 4 N–H and O–H groups in total. The average molecular weight is 339 g/mol. The first-order valence-corrected chi connectivity index (χ1v) is 8.18. The van der Waals surface area contributed by atoms with Gasteiger partial charge < -0.3 is 10.6 Å². The van der Waals surface area contributed by atoms with E-state index in [0.29, 0.717) is 16.9 Å². The predicted octanol–water partition coefficient (Wildman–Crippen LogP) is 2.59. The standard InChI is InChI=1S/C14H14FN3O2S2/c1-9-2-5-12(8-13(9)22(16,19)20)18-14(21)17-11-6-3-10(15)4-7-11/h2-8H,1H3,(H2,16,19,20)(H2,17,18,21). The molecule has 0 unspecified atom stereocenters. The maximum Gasteiger partial charge on any atom is 0.238 e. The van der Waals surface area contributed by atoms with E-state index in [1.165, 1.54) is 30.3 Å². The molecule has 0 radical (unpaired) electrons. The molecule has 0 fully saturated rings. The van der Waals surface area contributed by atoms with Gasteiger partial charge in [-0.05, 0) is 61.1 Å². The summed E-state index contributed by atoms with van der Waals surface area (Å²) in [6.07, 6.45) is 0. The molecule has 0 heterocycles. The van der Waals surface area contributed by atoms with Gasteiger partial charge in [-0.25, -0.2) is 17.9 Å². The monoisotopic (exact) mass is 339 g/mol. The van der Waals surface area contributed by atoms with Gasteiger partial charge in [0.2, 0.25) is 10.0 Å². The number of rotatable bonds is 3. The minimum atomic E-state index is -3.80. The molecule has 22 heavy (non-hydrogen) atoms. The van der Waals surface area contributed by atoms with Gasteiger partial charge in [-0.15, -0.1) is 0 Å². The zero-order valence-electron chi connectivity index (χ0n) is 11.6. The van der Waals surface area contributed by atoms with Crippen molar-refractivity contribution in [2.24, 2.45) is 5.14 Å². The van der Waals surface area contributed by atoms with Crippen LogP contribution in [0, 0.1) is 12.7 Å². The first-order valence-electron chi connectivity index (χ1n) is 6.23. The van der Waals surface area contributed by atoms with E-state index in [1.54, 1.807) is 19.1 Å². The van der Waals surface area contributed by atoms with Crippen molar-refractivity contribution in [2.75, 3.05) is 10.6 Å². The molecule has 0 saturated carbocycles. The predicted molar refractivity (Wildman–Crippen MR) is 88.8 cm³/mol. The summed E-state index contributed by atoms with van der Waals surface area (Å²) in [6, 6.07) is 10.4. The number of thiocarbonyl (C=S) groups is 1. The van der Waals surface area contributed by atoms with Gasteiger partial charge in [-0.1, -0.05) is 6.07 Å². The van der Waals surface area contributed by atoms with Crippen LogP contribution in [0.1, 0.15) is 5.56 Å². The first kappa shape index (κ1) is 16.3. The van der Waals surface area contributed by atoms with Crippen molar-refractivity contribution in [3.8, 4) is 0 Å². The molecule has 2 rings (SSSR count). The Hall–Kier alpha value is -2.03. The molecule has 0 aromatic heterocycles. The van der Waals surface area contributed by atoms with E-state index in [9.17, 15) is 12.8 Å². The molecule has 116 valence electrons. The lowest BCUT2D eigenvalue weighted by Crippen LogP contribution is -2.20. The van der Waals surface area contributed by atoms with Crippen LogP contribution in [-0.4, -0.2) is 13.5 Å². The summed E-state index contributed by atoms with van der Waals surface area (Å²) < 4.78 is 35.8. The minimum Gasteiger partial charge on any atom is -0.332 e. The second kappa shape index (κ2) is 6.39. The van der Waals surface area contributed by atoms with Gasteiger partial charge in [0.05, 0.1) is 4.90 Å². The van der Waals surface area contributed by atoms with Gasteiger partial charge in [0.25, 0.3) is 0 Å². The fraction of sp³-hybridized carbons (Fsp3) is 0.0714. The summed E-state index contributed by atoms with van der Waals surface area (Å²) in [5.41, 5.74) is 1.64. The van der Waals surface area contributed by atoms with E-state index in [4.69, 9.17) is 17.4 Å². The van der Waals surface area contributed by atoms with E-state index in [-0.39, 0.29) is 15.8 Å². The van der Waals surface area contributed by atoms with E-state index in [0.717, 1.165) is 0 Å². The number of hydrogen-bond acceptors (Lipinski definition) is 3. The molecular weight excluding hydrogens is 325 g/mol. The number of nitrogens with one attached hydrogen (secondary N) is 2. The summed E-state index contributed by atoms with van der Waals surface area (Å²) in [7, 11) is -3.80. The zero-order chi connectivity index (χ0) is 16.3. The van der Waals surface area contributed by atoms with Crippen molar-refractivity contribution < 1.29 is 12.8 Å². The summed E-state index contributed by atoms with van der Waals surface area (Å²) in [6.45, 7) is 1.65. The highest BCUT2D eigenvalue weighted by Crippen LogP contribution is 2.19. The Labute approximate surface area is 133 Å². The van der Waals surface area contributed by atoms with E-state index >= 15 is 0 Å². The molecule has 8 heteroatoms. The van der Waals surface area contributed by atoms with Gasteiger partial charge >= 0.3 is 0 Å². The van der Waals surface area contributed by atoms with Crippen molar-refractivity contribution in [1.29, 1.82) is 0 Å². The zero-order valence-corrected chi connectivity index (χ0v) is 13.3. The Balaban J connectivity index is 2.13. The Morgan fingerprint density at radius 3 is 2.23 bits per heavy atom. The highest BCUT2D eigenvalue weighted by atomic mass is 32.2. The van der Waals surface area contributed by atoms with Gasteiger partial charge in [-0.3, -0.25) is 0 Å². The molecule has 0 atom stereocenters. The Bertz CT molecular complexity index is 805. The third-order valence-electron chi connectivity index (χ3n) is 2.85. The normalized spacial score (nSPS) is 11.0. The van der Waals surface area contributed by atoms with Crippen molar-refractivity contribution in [2.45, 2.75) is 11.8 Å². The molecule has 5 nitrogen and oxygen atoms in total. The van der Waals surface area contributed by atoms with E-state index < -0.39 is 10.0 Å². The van der Waals surface area contributed by atoms with Crippen LogP contribution in [0.4, 0.5) is 15.8 Å². The topological polar surface area (TPSA) is 84.2 Å². The second-order valence-electron chi connectivity index (χ2n) is 4.61. The number of anilines is 2. The van der Waals surface area contributed by atoms with Crippen LogP contribution < -0.4 is 15.8 Å². The van der Waals surface area contributed by atoms with Crippen LogP contribution in [-0.2, 0) is 10.0 Å². The first-order chi connectivity index (χ1) is 10.3. The number of primary sulfonamides is 1. The Morgan fingerprint density at radius 1 is 1.09 bits per heavy atom. The molecule has 2 aromatic carbocycles. The number of hydrogen-bond donors (Lipinski definition) is 3. The van der Waals surface area contributed by atoms with Crippen LogP contribution in [0.3, 0.4) is 0 Å². The summed E-state index contributed by atoms with van der Waals surface area (Å²) in [5, 5.41) is 11.1. The SMILES string of the molecule is Cc1ccc(NC(=S)Nc2ccc(F)cc2)cc1S(N)(=O)=O. The highest BCUT2D eigenvalue weighted by molar-refractivity contribution is 7.89. The van der Waals surface area contributed by atoms with Crippen molar-refractivity contribution >= 4 is 38.7 Å². The molecule has 0 aliphatic rings. The molecule has 0 bridgehead atoms. The summed E-state index contributed by atoms with van der Waals surface area (Å²) in [4.78, 5) is 0.0297. The number of sulfonamides is 1. The Morgan fingerprint density at radius 2 is 1.64 bits per heavy atom. The largest absolute Gasteiger partial charge is 0.332 e. The van der Waals surface area contributed by atoms with Crippen LogP contribution in [0.25, 0.3) is 0 Å². The maximum atomic E-state index is 12.8. The fourth-order valence-corrected chi connectivity index (χ4v) is 2.85. The Kier molecular flexibility index (Phi) is 4.74. The van der Waals surface area contributed by atoms with Crippen LogP contribution >= 0.6 is 12.2 Å². The van der Waals surface area contributed by atoms with Gasteiger partial charge in [0.1, 0.15) is 5.82 Å². The third kappa shape index (κ3) is 4.23. The lowest BCUT2D eigenvalue weighted by molar-refractivity contribution is 0.597. The fourth-order valence-electron chi connectivity index (χ4n) is 1.81. The second-order valence-corrected chi connectivity index (χ2v) is 6.55. The van der Waals surface area contributed by atoms with Gasteiger partial charge in [-0.2, -0.15) is 0 Å². The number of halogens is 1. The molecule has 2 aromatic rings. The van der Waals surface area contributed by atoms with E-state index in [1.807, 2.05) is 0 Å². The number of nitrogens with two attached hydrogens (primary N) is 1. The summed E-state index contributed by atoms with van der Waals surface area (Å²) in [5.74, 6) is -0.347. The average Bonchev–Trinajstić information content (AvgIpc) is 2.42. The van der Waals surface area contributed by atoms with Crippen LogP contribution in [0.2, 0.25) is 0 Å². The van der Waals surface area contributed by atoms with Crippen molar-refractivity contribution in [3.05, 3.63) is 53.8 Å².